The molecule has 0 bridgehead atoms. The Kier molecular flexibility index (Phi) is 3.19. The van der Waals surface area contributed by atoms with Gasteiger partial charge in [0.25, 0.3) is 0 Å². The predicted octanol–water partition coefficient (Wildman–Crippen LogP) is 2.10. The summed E-state index contributed by atoms with van der Waals surface area (Å²) in [6.07, 6.45) is 4.86. The molecule has 4 heteroatoms. The Morgan fingerprint density at radius 3 is 2.64 bits per heavy atom. The SMILES string of the molecule is C#CC(=O)c1ccccc1OC(F)F. The number of Topliss-reactive ketones (excluding diaryl/α,β-unsaturated/α-hetero) is 1. The lowest BCUT2D eigenvalue weighted by Gasteiger charge is -2.06. The molecule has 0 unspecified atom stereocenters. The summed E-state index contributed by atoms with van der Waals surface area (Å²) >= 11 is 0. The number of halogens is 2. The Balaban J connectivity index is 3.04. The van der Waals surface area contributed by atoms with E-state index in [0.29, 0.717) is 0 Å². The van der Waals surface area contributed by atoms with E-state index in [-0.39, 0.29) is 11.3 Å². The van der Waals surface area contributed by atoms with E-state index in [1.807, 2.05) is 5.92 Å². The van der Waals surface area contributed by atoms with Gasteiger partial charge >= 0.3 is 6.61 Å². The fraction of sp³-hybridized carbons (Fsp3) is 0.100. The van der Waals surface area contributed by atoms with Gasteiger partial charge in [0.1, 0.15) is 5.75 Å². The highest BCUT2D eigenvalue weighted by molar-refractivity contribution is 6.10. The van der Waals surface area contributed by atoms with Gasteiger partial charge in [-0.15, -0.1) is 6.42 Å². The quantitative estimate of drug-likeness (QED) is 0.420. The highest BCUT2D eigenvalue weighted by atomic mass is 19.3. The lowest BCUT2D eigenvalue weighted by atomic mass is 10.1. The summed E-state index contributed by atoms with van der Waals surface area (Å²) in [6, 6.07) is 5.59. The topological polar surface area (TPSA) is 26.3 Å². The Labute approximate surface area is 79.5 Å². The van der Waals surface area contributed by atoms with Crippen LogP contribution in [0.15, 0.2) is 24.3 Å². The van der Waals surface area contributed by atoms with Crippen molar-refractivity contribution in [3.05, 3.63) is 29.8 Å². The van der Waals surface area contributed by atoms with Gasteiger partial charge in [0.05, 0.1) is 5.56 Å². The van der Waals surface area contributed by atoms with Gasteiger partial charge in [0.2, 0.25) is 5.78 Å². The third-order valence-corrected chi connectivity index (χ3v) is 1.48. The van der Waals surface area contributed by atoms with Gasteiger partial charge in [0, 0.05) is 0 Å². The van der Waals surface area contributed by atoms with E-state index in [4.69, 9.17) is 6.42 Å². The minimum Gasteiger partial charge on any atom is -0.434 e. The molecule has 0 amide bonds. The first kappa shape index (κ1) is 10.2. The standard InChI is InChI=1S/C10H6F2O2/c1-2-8(13)7-5-3-4-6-9(7)14-10(11)12/h1,3-6,10H. The Hall–Kier alpha value is -1.89. The number of alkyl halides is 2. The predicted molar refractivity (Wildman–Crippen MR) is 46.2 cm³/mol. The van der Waals surface area contributed by atoms with Crippen molar-refractivity contribution in [3.8, 4) is 18.1 Å². The molecule has 0 N–H and O–H groups in total. The number of hydrogen-bond donors (Lipinski definition) is 0. The van der Waals surface area contributed by atoms with Crippen molar-refractivity contribution in [2.75, 3.05) is 0 Å². The second-order valence-electron chi connectivity index (χ2n) is 2.35. The Morgan fingerprint density at radius 2 is 2.07 bits per heavy atom. The number of terminal acetylenes is 1. The van der Waals surface area contributed by atoms with Crippen LogP contribution >= 0.6 is 0 Å². The smallest absolute Gasteiger partial charge is 0.387 e. The third-order valence-electron chi connectivity index (χ3n) is 1.48. The Morgan fingerprint density at radius 1 is 1.43 bits per heavy atom. The van der Waals surface area contributed by atoms with Gasteiger partial charge in [-0.25, -0.2) is 0 Å². The van der Waals surface area contributed by atoms with Crippen LogP contribution in [0, 0.1) is 12.3 Å². The van der Waals surface area contributed by atoms with Crippen molar-refractivity contribution in [3.63, 3.8) is 0 Å². The maximum atomic E-state index is 11.9. The lowest BCUT2D eigenvalue weighted by Crippen LogP contribution is -2.06. The largest absolute Gasteiger partial charge is 0.434 e. The normalized spacial score (nSPS) is 9.57. The van der Waals surface area contributed by atoms with Crippen molar-refractivity contribution in [2.24, 2.45) is 0 Å². The maximum Gasteiger partial charge on any atom is 0.387 e. The molecule has 0 saturated carbocycles. The highest BCUT2D eigenvalue weighted by Gasteiger charge is 2.12. The number of carbonyl (C=O) groups is 1. The number of hydrogen-bond acceptors (Lipinski definition) is 2. The van der Waals surface area contributed by atoms with Crippen molar-refractivity contribution in [1.29, 1.82) is 0 Å². The molecule has 0 aliphatic heterocycles. The van der Waals surface area contributed by atoms with Crippen molar-refractivity contribution >= 4 is 5.78 Å². The van der Waals surface area contributed by atoms with Crippen LogP contribution in [-0.2, 0) is 0 Å². The average molecular weight is 196 g/mol. The van der Waals surface area contributed by atoms with Gasteiger partial charge < -0.3 is 4.74 Å². The van der Waals surface area contributed by atoms with Crippen molar-refractivity contribution in [1.82, 2.24) is 0 Å². The molecule has 0 aliphatic rings. The summed E-state index contributed by atoms with van der Waals surface area (Å²) in [5.74, 6) is 0.948. The van der Waals surface area contributed by atoms with E-state index in [1.54, 1.807) is 0 Å². The van der Waals surface area contributed by atoms with Gasteiger partial charge in [-0.2, -0.15) is 8.78 Å². The zero-order valence-electron chi connectivity index (χ0n) is 7.04. The number of ketones is 1. The molecule has 1 rings (SSSR count). The fourth-order valence-electron chi connectivity index (χ4n) is 0.931. The van der Waals surface area contributed by atoms with Crippen LogP contribution < -0.4 is 4.74 Å². The number of para-hydroxylation sites is 1. The van der Waals surface area contributed by atoms with Crippen LogP contribution in [0.4, 0.5) is 8.78 Å². The van der Waals surface area contributed by atoms with Crippen LogP contribution in [0.1, 0.15) is 10.4 Å². The zero-order valence-corrected chi connectivity index (χ0v) is 7.04. The second-order valence-corrected chi connectivity index (χ2v) is 2.35. The summed E-state index contributed by atoms with van der Waals surface area (Å²) < 4.78 is 27.9. The van der Waals surface area contributed by atoms with Gasteiger partial charge in [-0.3, -0.25) is 4.79 Å². The number of ether oxygens (including phenoxy) is 1. The lowest BCUT2D eigenvalue weighted by molar-refractivity contribution is -0.0501. The molecule has 0 fully saturated rings. The first-order valence-electron chi connectivity index (χ1n) is 3.70. The average Bonchev–Trinajstić information content (AvgIpc) is 2.16. The first-order chi connectivity index (χ1) is 6.65. The highest BCUT2D eigenvalue weighted by Crippen LogP contribution is 2.20. The van der Waals surface area contributed by atoms with Crippen molar-refractivity contribution in [2.45, 2.75) is 6.61 Å². The number of carbonyl (C=O) groups excluding carboxylic acids is 1. The van der Waals surface area contributed by atoms with E-state index < -0.39 is 12.4 Å². The summed E-state index contributed by atoms with van der Waals surface area (Å²) in [5, 5.41) is 0. The second kappa shape index (κ2) is 4.38. The van der Waals surface area contributed by atoms with E-state index >= 15 is 0 Å². The maximum absolute atomic E-state index is 11.9. The molecule has 0 radical (unpaired) electrons. The molecule has 0 spiro atoms. The molecule has 2 nitrogen and oxygen atoms in total. The number of benzene rings is 1. The van der Waals surface area contributed by atoms with Gasteiger partial charge in [-0.1, -0.05) is 12.1 Å². The molecule has 0 aromatic heterocycles. The summed E-state index contributed by atoms with van der Waals surface area (Å²) in [4.78, 5) is 11.1. The van der Waals surface area contributed by atoms with Crippen LogP contribution in [-0.4, -0.2) is 12.4 Å². The van der Waals surface area contributed by atoms with Crippen molar-refractivity contribution < 1.29 is 18.3 Å². The first-order valence-corrected chi connectivity index (χ1v) is 3.70. The fourth-order valence-corrected chi connectivity index (χ4v) is 0.931. The molecule has 0 heterocycles. The van der Waals surface area contributed by atoms with E-state index in [1.165, 1.54) is 24.3 Å². The summed E-state index contributed by atoms with van der Waals surface area (Å²) in [5.41, 5.74) is -0.0321. The zero-order chi connectivity index (χ0) is 10.6. The monoisotopic (exact) mass is 196 g/mol. The molecule has 0 aliphatic carbocycles. The van der Waals surface area contributed by atoms with Crippen LogP contribution in [0.5, 0.6) is 5.75 Å². The molecule has 0 atom stereocenters. The molecule has 1 aromatic rings. The Bertz CT molecular complexity index is 380. The van der Waals surface area contributed by atoms with E-state index in [9.17, 15) is 13.6 Å². The molecular formula is C10H6F2O2. The number of rotatable bonds is 3. The molecule has 72 valence electrons. The molecular weight excluding hydrogens is 190 g/mol. The van der Waals surface area contributed by atoms with Crippen LogP contribution in [0.3, 0.4) is 0 Å². The molecule has 1 aromatic carbocycles. The van der Waals surface area contributed by atoms with E-state index in [2.05, 4.69) is 4.74 Å². The summed E-state index contributed by atoms with van der Waals surface area (Å²) in [6.45, 7) is -2.97. The minimum absolute atomic E-state index is 0.0321. The molecule has 0 saturated heterocycles. The van der Waals surface area contributed by atoms with Crippen LogP contribution in [0.25, 0.3) is 0 Å². The van der Waals surface area contributed by atoms with Crippen LogP contribution in [0.2, 0.25) is 0 Å². The van der Waals surface area contributed by atoms with E-state index in [0.717, 1.165) is 0 Å². The third kappa shape index (κ3) is 2.30. The van der Waals surface area contributed by atoms with Gasteiger partial charge in [-0.05, 0) is 18.1 Å². The van der Waals surface area contributed by atoms with Gasteiger partial charge in [0.15, 0.2) is 0 Å². The summed E-state index contributed by atoms with van der Waals surface area (Å²) in [7, 11) is 0. The minimum atomic E-state index is -2.97. The molecule has 14 heavy (non-hydrogen) atoms.